The summed E-state index contributed by atoms with van der Waals surface area (Å²) in [5.74, 6) is -2.83. The summed E-state index contributed by atoms with van der Waals surface area (Å²) >= 11 is 11.7. The van der Waals surface area contributed by atoms with Crippen molar-refractivity contribution in [1.29, 1.82) is 0 Å². The second-order valence-corrected chi connectivity index (χ2v) is 6.56. The van der Waals surface area contributed by atoms with E-state index in [1.807, 2.05) is 0 Å². The Hall–Kier alpha value is -2.18. The van der Waals surface area contributed by atoms with Crippen LogP contribution >= 0.6 is 23.2 Å². The lowest BCUT2D eigenvalue weighted by Gasteiger charge is -2.16. The first-order chi connectivity index (χ1) is 11.8. The molecule has 2 aromatic rings. The van der Waals surface area contributed by atoms with Crippen molar-refractivity contribution >= 4 is 46.4 Å². The summed E-state index contributed by atoms with van der Waals surface area (Å²) in [6, 6.07) is 7.33. The van der Waals surface area contributed by atoms with Crippen molar-refractivity contribution in [3.8, 4) is 0 Å². The Balaban J connectivity index is 1.73. The van der Waals surface area contributed by atoms with E-state index in [4.69, 9.17) is 23.2 Å². The number of nitrogens with one attached hydrogen (secondary N) is 2. The summed E-state index contributed by atoms with van der Waals surface area (Å²) in [6.07, 6.45) is 0.656. The van der Waals surface area contributed by atoms with Gasteiger partial charge in [-0.1, -0.05) is 23.2 Å². The number of carbonyl (C=O) groups is 2. The molecule has 1 aliphatic rings. The van der Waals surface area contributed by atoms with E-state index in [2.05, 4.69) is 10.6 Å². The minimum absolute atomic E-state index is 0.181. The number of hydrogen-bond acceptors (Lipinski definition) is 2. The molecular formula is C17H12Cl2F2N2O2. The maximum atomic E-state index is 13.7. The van der Waals surface area contributed by atoms with Crippen molar-refractivity contribution < 1.29 is 18.4 Å². The fraction of sp³-hybridized carbons (Fsp3) is 0.176. The van der Waals surface area contributed by atoms with Crippen LogP contribution in [0.1, 0.15) is 12.8 Å². The molecule has 0 radical (unpaired) electrons. The number of benzene rings is 2. The van der Waals surface area contributed by atoms with Gasteiger partial charge in [0, 0.05) is 11.8 Å². The molecule has 3 rings (SSSR count). The smallest absolute Gasteiger partial charge is 0.240 e. The molecule has 1 fully saturated rings. The quantitative estimate of drug-likeness (QED) is 0.755. The van der Waals surface area contributed by atoms with Gasteiger partial charge >= 0.3 is 0 Å². The molecule has 2 amide bonds. The fourth-order valence-corrected chi connectivity index (χ4v) is 2.64. The van der Waals surface area contributed by atoms with Crippen molar-refractivity contribution in [3.63, 3.8) is 0 Å². The third-order valence-corrected chi connectivity index (χ3v) is 4.72. The number of anilines is 2. The van der Waals surface area contributed by atoms with E-state index in [-0.39, 0.29) is 10.7 Å². The zero-order chi connectivity index (χ0) is 18.2. The van der Waals surface area contributed by atoms with E-state index in [0.29, 0.717) is 29.6 Å². The van der Waals surface area contributed by atoms with Crippen LogP contribution in [-0.2, 0) is 9.59 Å². The summed E-state index contributed by atoms with van der Waals surface area (Å²) in [7, 11) is 0. The highest BCUT2D eigenvalue weighted by Crippen LogP contribution is 2.47. The third-order valence-electron chi connectivity index (χ3n) is 3.98. The van der Waals surface area contributed by atoms with Gasteiger partial charge in [-0.3, -0.25) is 9.59 Å². The van der Waals surface area contributed by atoms with Gasteiger partial charge in [0.05, 0.1) is 15.7 Å². The average molecular weight is 385 g/mol. The molecule has 0 unspecified atom stereocenters. The number of amides is 2. The van der Waals surface area contributed by atoms with Crippen LogP contribution in [0, 0.1) is 17.0 Å². The molecule has 130 valence electrons. The van der Waals surface area contributed by atoms with Gasteiger partial charge in [-0.05, 0) is 43.2 Å². The normalized spacial score (nSPS) is 14.7. The fourth-order valence-electron chi connectivity index (χ4n) is 2.34. The Labute approximate surface area is 152 Å². The van der Waals surface area contributed by atoms with Crippen LogP contribution in [0.4, 0.5) is 20.2 Å². The lowest BCUT2D eigenvalue weighted by Crippen LogP contribution is -2.35. The highest BCUT2D eigenvalue weighted by atomic mass is 35.5. The molecule has 25 heavy (non-hydrogen) atoms. The van der Waals surface area contributed by atoms with Crippen LogP contribution in [-0.4, -0.2) is 11.8 Å². The van der Waals surface area contributed by atoms with E-state index in [1.165, 1.54) is 12.1 Å². The van der Waals surface area contributed by atoms with Crippen molar-refractivity contribution in [1.82, 2.24) is 0 Å². The molecular weight excluding hydrogens is 373 g/mol. The van der Waals surface area contributed by atoms with Gasteiger partial charge in [0.2, 0.25) is 11.8 Å². The van der Waals surface area contributed by atoms with Crippen molar-refractivity contribution in [2.75, 3.05) is 10.6 Å². The molecule has 0 saturated heterocycles. The van der Waals surface area contributed by atoms with Gasteiger partial charge in [0.1, 0.15) is 17.0 Å². The summed E-state index contributed by atoms with van der Waals surface area (Å²) in [5, 5.41) is 5.55. The lowest BCUT2D eigenvalue weighted by molar-refractivity contribution is -0.131. The van der Waals surface area contributed by atoms with Crippen LogP contribution in [0.3, 0.4) is 0 Å². The largest absolute Gasteiger partial charge is 0.325 e. The Morgan fingerprint density at radius 1 is 0.920 bits per heavy atom. The summed E-state index contributed by atoms with van der Waals surface area (Å²) in [6.45, 7) is 0. The Morgan fingerprint density at radius 3 is 2.20 bits per heavy atom. The third kappa shape index (κ3) is 3.60. The first-order valence-corrected chi connectivity index (χ1v) is 8.10. The van der Waals surface area contributed by atoms with Crippen LogP contribution in [0.25, 0.3) is 0 Å². The molecule has 0 aliphatic heterocycles. The van der Waals surface area contributed by atoms with Gasteiger partial charge in [0.25, 0.3) is 0 Å². The van der Waals surface area contributed by atoms with E-state index in [0.717, 1.165) is 12.1 Å². The zero-order valence-electron chi connectivity index (χ0n) is 12.7. The van der Waals surface area contributed by atoms with Crippen LogP contribution in [0.2, 0.25) is 10.0 Å². The Kier molecular flexibility index (Phi) is 4.67. The maximum Gasteiger partial charge on any atom is 0.240 e. The Morgan fingerprint density at radius 2 is 1.60 bits per heavy atom. The second-order valence-electron chi connectivity index (χ2n) is 5.74. The molecule has 0 heterocycles. The predicted octanol–water partition coefficient (Wildman–Crippen LogP) is 4.63. The number of hydrogen-bond donors (Lipinski definition) is 2. The van der Waals surface area contributed by atoms with E-state index < -0.39 is 28.9 Å². The molecule has 1 saturated carbocycles. The number of halogens is 4. The van der Waals surface area contributed by atoms with Gasteiger partial charge in [0.15, 0.2) is 0 Å². The van der Waals surface area contributed by atoms with E-state index in [1.54, 1.807) is 6.07 Å². The zero-order valence-corrected chi connectivity index (χ0v) is 14.2. The molecule has 0 aromatic heterocycles. The molecule has 8 heteroatoms. The number of rotatable bonds is 4. The van der Waals surface area contributed by atoms with Gasteiger partial charge in [-0.25, -0.2) is 8.78 Å². The molecule has 1 aliphatic carbocycles. The van der Waals surface area contributed by atoms with Crippen LogP contribution in [0.5, 0.6) is 0 Å². The second kappa shape index (κ2) is 6.61. The van der Waals surface area contributed by atoms with Gasteiger partial charge in [-0.2, -0.15) is 0 Å². The predicted molar refractivity (Wildman–Crippen MR) is 91.7 cm³/mol. The van der Waals surface area contributed by atoms with Crippen LogP contribution in [0.15, 0.2) is 36.4 Å². The van der Waals surface area contributed by atoms with Crippen LogP contribution < -0.4 is 10.6 Å². The monoisotopic (exact) mass is 384 g/mol. The molecule has 0 spiro atoms. The summed E-state index contributed by atoms with van der Waals surface area (Å²) in [5.41, 5.74) is -1.07. The van der Waals surface area contributed by atoms with E-state index in [9.17, 15) is 18.4 Å². The molecule has 2 N–H and O–H groups in total. The maximum absolute atomic E-state index is 13.7. The summed E-state index contributed by atoms with van der Waals surface area (Å²) in [4.78, 5) is 24.9. The SMILES string of the molecule is O=C(Nc1ccc(Cl)c(Cl)c1)C1(C(=O)Nc2ccc(F)cc2F)CC1. The number of carbonyl (C=O) groups excluding carboxylic acids is 2. The molecule has 0 atom stereocenters. The van der Waals surface area contributed by atoms with Crippen molar-refractivity contribution in [3.05, 3.63) is 58.1 Å². The highest BCUT2D eigenvalue weighted by molar-refractivity contribution is 6.42. The van der Waals surface area contributed by atoms with Crippen molar-refractivity contribution in [2.45, 2.75) is 12.8 Å². The van der Waals surface area contributed by atoms with Crippen molar-refractivity contribution in [2.24, 2.45) is 5.41 Å². The standard InChI is InChI=1S/C17H12Cl2F2N2O2/c18-11-3-2-10(8-12(11)19)22-15(24)17(5-6-17)16(25)23-14-4-1-9(20)7-13(14)21/h1-4,7-8H,5-6H2,(H,22,24)(H,23,25). The topological polar surface area (TPSA) is 58.2 Å². The first-order valence-electron chi connectivity index (χ1n) is 7.35. The highest BCUT2D eigenvalue weighted by Gasteiger charge is 2.56. The minimum Gasteiger partial charge on any atom is -0.325 e. The van der Waals surface area contributed by atoms with Gasteiger partial charge in [-0.15, -0.1) is 0 Å². The lowest BCUT2D eigenvalue weighted by atomic mass is 10.0. The molecule has 4 nitrogen and oxygen atoms in total. The van der Waals surface area contributed by atoms with E-state index >= 15 is 0 Å². The molecule has 2 aromatic carbocycles. The van der Waals surface area contributed by atoms with Gasteiger partial charge < -0.3 is 10.6 Å². The average Bonchev–Trinajstić information content (AvgIpc) is 3.35. The molecule has 0 bridgehead atoms. The Bertz CT molecular complexity index is 870. The minimum atomic E-state index is -1.28. The summed E-state index contributed by atoms with van der Waals surface area (Å²) < 4.78 is 26.6. The first kappa shape index (κ1) is 17.6.